The van der Waals surface area contributed by atoms with Crippen molar-refractivity contribution < 1.29 is 4.79 Å². The Bertz CT molecular complexity index is 1130. The number of hydrogen-bond acceptors (Lipinski definition) is 1. The summed E-state index contributed by atoms with van der Waals surface area (Å²) in [6, 6.07) is 23.6. The van der Waals surface area contributed by atoms with Crippen molar-refractivity contribution in [3.63, 3.8) is 0 Å². The van der Waals surface area contributed by atoms with Gasteiger partial charge in [0.2, 0.25) is 0 Å². The van der Waals surface area contributed by atoms with E-state index in [2.05, 4.69) is 54.7 Å². The molecule has 170 valence electrons. The zero-order valence-corrected chi connectivity index (χ0v) is 19.8. The SMILES string of the molecule is CCC1CCC(c2ccc(-c3ccc4c(c3)CCN4C(=O)Nc3cccc(C)c3)cc2)CC1. The van der Waals surface area contributed by atoms with Crippen LogP contribution in [0.4, 0.5) is 16.2 Å². The first-order valence-electron chi connectivity index (χ1n) is 12.5. The van der Waals surface area contributed by atoms with E-state index < -0.39 is 0 Å². The van der Waals surface area contributed by atoms with Crippen LogP contribution in [0.1, 0.15) is 61.6 Å². The van der Waals surface area contributed by atoms with E-state index >= 15 is 0 Å². The number of anilines is 2. The Morgan fingerprint density at radius 2 is 1.70 bits per heavy atom. The lowest BCUT2D eigenvalue weighted by Crippen LogP contribution is -2.33. The summed E-state index contributed by atoms with van der Waals surface area (Å²) in [5.41, 5.74) is 8.23. The van der Waals surface area contributed by atoms with Gasteiger partial charge in [0, 0.05) is 17.9 Å². The van der Waals surface area contributed by atoms with E-state index in [1.807, 2.05) is 36.1 Å². The van der Waals surface area contributed by atoms with Crippen LogP contribution < -0.4 is 10.2 Å². The number of nitrogens with zero attached hydrogens (tertiary/aromatic N) is 1. The van der Waals surface area contributed by atoms with Crippen LogP contribution in [0.2, 0.25) is 0 Å². The molecule has 3 heteroatoms. The highest BCUT2D eigenvalue weighted by Gasteiger charge is 2.25. The van der Waals surface area contributed by atoms with Crippen LogP contribution in [-0.4, -0.2) is 12.6 Å². The Labute approximate surface area is 197 Å². The molecule has 2 aliphatic rings. The van der Waals surface area contributed by atoms with Crippen LogP contribution in [0, 0.1) is 12.8 Å². The normalized spacial score (nSPS) is 19.9. The molecule has 0 unspecified atom stereocenters. The Hall–Kier alpha value is -3.07. The molecule has 2 amide bonds. The van der Waals surface area contributed by atoms with E-state index in [9.17, 15) is 4.79 Å². The molecule has 1 saturated carbocycles. The number of amides is 2. The van der Waals surface area contributed by atoms with Gasteiger partial charge in [-0.2, -0.15) is 0 Å². The number of rotatable bonds is 4. The van der Waals surface area contributed by atoms with Gasteiger partial charge < -0.3 is 5.32 Å². The molecule has 3 aromatic carbocycles. The molecule has 1 fully saturated rings. The molecule has 0 spiro atoms. The van der Waals surface area contributed by atoms with E-state index in [0.29, 0.717) is 0 Å². The minimum Gasteiger partial charge on any atom is -0.308 e. The average Bonchev–Trinajstić information content (AvgIpc) is 3.28. The number of nitrogens with one attached hydrogen (secondary N) is 1. The second-order valence-corrected chi connectivity index (χ2v) is 9.79. The smallest absolute Gasteiger partial charge is 0.308 e. The number of carbonyl (C=O) groups excluding carboxylic acids is 1. The van der Waals surface area contributed by atoms with Gasteiger partial charge in [0.25, 0.3) is 0 Å². The maximum absolute atomic E-state index is 12.9. The van der Waals surface area contributed by atoms with Crippen LogP contribution >= 0.6 is 0 Å². The van der Waals surface area contributed by atoms with Crippen molar-refractivity contribution in [1.29, 1.82) is 0 Å². The summed E-state index contributed by atoms with van der Waals surface area (Å²) in [5, 5.41) is 3.04. The fourth-order valence-corrected chi connectivity index (χ4v) is 5.56. The van der Waals surface area contributed by atoms with Gasteiger partial charge in [0.05, 0.1) is 0 Å². The Kier molecular flexibility index (Phi) is 6.22. The van der Waals surface area contributed by atoms with E-state index in [1.165, 1.54) is 54.4 Å². The van der Waals surface area contributed by atoms with Gasteiger partial charge in [-0.05, 0) is 103 Å². The maximum Gasteiger partial charge on any atom is 0.326 e. The van der Waals surface area contributed by atoms with Crippen molar-refractivity contribution in [3.8, 4) is 11.1 Å². The quantitative estimate of drug-likeness (QED) is 0.440. The lowest BCUT2D eigenvalue weighted by Gasteiger charge is -2.28. The molecule has 1 N–H and O–H groups in total. The predicted molar refractivity (Wildman–Crippen MR) is 138 cm³/mol. The molecule has 3 nitrogen and oxygen atoms in total. The minimum absolute atomic E-state index is 0.0609. The third-order valence-corrected chi connectivity index (χ3v) is 7.63. The van der Waals surface area contributed by atoms with Crippen molar-refractivity contribution in [1.82, 2.24) is 0 Å². The van der Waals surface area contributed by atoms with Crippen LogP contribution in [0.5, 0.6) is 0 Å². The monoisotopic (exact) mass is 438 g/mol. The third-order valence-electron chi connectivity index (χ3n) is 7.63. The highest BCUT2D eigenvalue weighted by atomic mass is 16.2. The zero-order chi connectivity index (χ0) is 22.8. The average molecular weight is 439 g/mol. The highest BCUT2D eigenvalue weighted by Crippen LogP contribution is 2.38. The summed E-state index contributed by atoms with van der Waals surface area (Å²) in [5.74, 6) is 1.66. The summed E-state index contributed by atoms with van der Waals surface area (Å²) >= 11 is 0. The molecule has 3 aromatic rings. The summed E-state index contributed by atoms with van der Waals surface area (Å²) < 4.78 is 0. The van der Waals surface area contributed by atoms with Crippen molar-refractivity contribution in [2.45, 2.75) is 58.3 Å². The second-order valence-electron chi connectivity index (χ2n) is 9.79. The minimum atomic E-state index is -0.0609. The van der Waals surface area contributed by atoms with Gasteiger partial charge in [0.15, 0.2) is 0 Å². The molecule has 1 heterocycles. The Morgan fingerprint density at radius 1 is 0.939 bits per heavy atom. The molecule has 0 atom stereocenters. The highest BCUT2D eigenvalue weighted by molar-refractivity contribution is 6.03. The number of carbonyl (C=O) groups is 1. The van der Waals surface area contributed by atoms with Crippen molar-refractivity contribution in [3.05, 3.63) is 83.4 Å². The van der Waals surface area contributed by atoms with Gasteiger partial charge >= 0.3 is 6.03 Å². The number of aryl methyl sites for hydroxylation is 1. The fraction of sp³-hybridized carbons (Fsp3) is 0.367. The maximum atomic E-state index is 12.9. The summed E-state index contributed by atoms with van der Waals surface area (Å²) in [6.45, 7) is 5.08. The van der Waals surface area contributed by atoms with Crippen LogP contribution in [0.3, 0.4) is 0 Å². The van der Waals surface area contributed by atoms with Gasteiger partial charge in [-0.1, -0.05) is 55.8 Å². The van der Waals surface area contributed by atoms with Gasteiger partial charge in [0.1, 0.15) is 0 Å². The van der Waals surface area contributed by atoms with Gasteiger partial charge in [-0.25, -0.2) is 4.79 Å². The van der Waals surface area contributed by atoms with Gasteiger partial charge in [-0.3, -0.25) is 4.90 Å². The largest absolute Gasteiger partial charge is 0.326 e. The molecule has 0 bridgehead atoms. The molecule has 33 heavy (non-hydrogen) atoms. The second kappa shape index (κ2) is 9.43. The number of urea groups is 1. The van der Waals surface area contributed by atoms with Crippen molar-refractivity contribution in [2.75, 3.05) is 16.8 Å². The van der Waals surface area contributed by atoms with E-state index in [-0.39, 0.29) is 6.03 Å². The first-order chi connectivity index (χ1) is 16.1. The Balaban J connectivity index is 1.28. The predicted octanol–water partition coefficient (Wildman–Crippen LogP) is 7.94. The molecular formula is C30H34N2O. The molecule has 1 aliphatic heterocycles. The summed E-state index contributed by atoms with van der Waals surface area (Å²) in [7, 11) is 0. The van der Waals surface area contributed by atoms with Crippen LogP contribution in [0.15, 0.2) is 66.7 Å². The number of hydrogen-bond donors (Lipinski definition) is 1. The van der Waals surface area contributed by atoms with E-state index in [1.54, 1.807) is 0 Å². The van der Waals surface area contributed by atoms with Crippen LogP contribution in [-0.2, 0) is 6.42 Å². The molecule has 0 radical (unpaired) electrons. The molecule has 0 saturated heterocycles. The molecule has 1 aliphatic carbocycles. The number of benzene rings is 3. The Morgan fingerprint density at radius 3 is 2.42 bits per heavy atom. The van der Waals surface area contributed by atoms with E-state index in [4.69, 9.17) is 0 Å². The molecule has 0 aromatic heterocycles. The fourth-order valence-electron chi connectivity index (χ4n) is 5.56. The van der Waals surface area contributed by atoms with E-state index in [0.717, 1.165) is 41.7 Å². The number of fused-ring (bicyclic) bond motifs is 1. The molecular weight excluding hydrogens is 404 g/mol. The zero-order valence-electron chi connectivity index (χ0n) is 19.8. The molecule has 5 rings (SSSR count). The van der Waals surface area contributed by atoms with Crippen molar-refractivity contribution >= 4 is 17.4 Å². The van der Waals surface area contributed by atoms with Crippen molar-refractivity contribution in [2.24, 2.45) is 5.92 Å². The first-order valence-corrected chi connectivity index (χ1v) is 12.5. The standard InChI is InChI=1S/C30H34N2O/c1-3-22-7-9-23(10-8-22)24-11-13-25(14-12-24)26-15-16-29-27(20-26)17-18-32(29)30(33)31-28-6-4-5-21(2)19-28/h4-6,11-16,19-20,22-23H,3,7-10,17-18H2,1-2H3,(H,31,33). The topological polar surface area (TPSA) is 32.3 Å². The lowest BCUT2D eigenvalue weighted by atomic mass is 9.77. The van der Waals surface area contributed by atoms with Gasteiger partial charge in [-0.15, -0.1) is 0 Å². The summed E-state index contributed by atoms with van der Waals surface area (Å²) in [4.78, 5) is 14.7. The third kappa shape index (κ3) is 4.68. The van der Waals surface area contributed by atoms with Crippen LogP contribution in [0.25, 0.3) is 11.1 Å². The lowest BCUT2D eigenvalue weighted by molar-refractivity contribution is 0.257. The summed E-state index contributed by atoms with van der Waals surface area (Å²) in [6.07, 6.45) is 7.63. The first kappa shape index (κ1) is 21.8.